The van der Waals surface area contributed by atoms with E-state index in [1.54, 1.807) is 0 Å². The predicted octanol–water partition coefficient (Wildman–Crippen LogP) is 2.90. The van der Waals surface area contributed by atoms with Gasteiger partial charge in [-0.15, -0.1) is 0 Å². The number of furan rings is 1. The number of rotatable bonds is 5. The molecule has 2 aromatic rings. The lowest BCUT2D eigenvalue weighted by molar-refractivity contribution is -0.402. The number of nitrogens with zero attached hydrogens (tertiary/aromatic N) is 1. The van der Waals surface area contributed by atoms with Gasteiger partial charge in [-0.2, -0.15) is 0 Å². The molecule has 0 bridgehead atoms. The zero-order valence-electron chi connectivity index (χ0n) is 11.1. The van der Waals surface area contributed by atoms with E-state index in [0.29, 0.717) is 11.4 Å². The van der Waals surface area contributed by atoms with Gasteiger partial charge in [0.2, 0.25) is 5.91 Å². The second kappa shape index (κ2) is 6.04. The molecular formula is C13H12FN3O4. The largest absolute Gasteiger partial charge is 0.433 e. The fraction of sp³-hybridized carbons (Fsp3) is 0.154. The molecule has 1 aromatic carbocycles. The third-order valence-corrected chi connectivity index (χ3v) is 2.57. The van der Waals surface area contributed by atoms with Crippen LogP contribution in [0.3, 0.4) is 0 Å². The minimum atomic E-state index is -0.629. The molecule has 21 heavy (non-hydrogen) atoms. The highest BCUT2D eigenvalue weighted by Gasteiger charge is 2.11. The van der Waals surface area contributed by atoms with Crippen LogP contribution >= 0.6 is 0 Å². The Balaban J connectivity index is 2.05. The first-order valence-corrected chi connectivity index (χ1v) is 6.00. The molecule has 110 valence electrons. The molecule has 1 heterocycles. The molecule has 0 spiro atoms. The molecule has 0 fully saturated rings. The molecule has 0 saturated heterocycles. The number of anilines is 2. The van der Waals surface area contributed by atoms with Gasteiger partial charge < -0.3 is 15.1 Å². The van der Waals surface area contributed by atoms with Crippen LogP contribution in [0.5, 0.6) is 0 Å². The topological polar surface area (TPSA) is 97.4 Å². The molecule has 0 aliphatic rings. The maximum Gasteiger partial charge on any atom is 0.433 e. The summed E-state index contributed by atoms with van der Waals surface area (Å²) in [6, 6.07) is 6.85. The van der Waals surface area contributed by atoms with Gasteiger partial charge in [-0.05, 0) is 24.3 Å². The Morgan fingerprint density at radius 1 is 1.38 bits per heavy atom. The van der Waals surface area contributed by atoms with Crippen molar-refractivity contribution >= 4 is 23.2 Å². The summed E-state index contributed by atoms with van der Waals surface area (Å²) in [6.45, 7) is 1.47. The van der Waals surface area contributed by atoms with Gasteiger partial charge in [-0.25, -0.2) is 4.39 Å². The number of halogens is 1. The van der Waals surface area contributed by atoms with Crippen molar-refractivity contribution in [3.05, 3.63) is 52.0 Å². The van der Waals surface area contributed by atoms with Gasteiger partial charge in [-0.3, -0.25) is 14.9 Å². The third-order valence-electron chi connectivity index (χ3n) is 2.57. The van der Waals surface area contributed by atoms with E-state index in [1.165, 1.54) is 37.3 Å². The molecule has 2 rings (SSSR count). The van der Waals surface area contributed by atoms with Crippen LogP contribution in [-0.4, -0.2) is 10.8 Å². The Bertz CT molecular complexity index is 684. The Kier molecular flexibility index (Phi) is 4.17. The van der Waals surface area contributed by atoms with Crippen LogP contribution < -0.4 is 10.6 Å². The van der Waals surface area contributed by atoms with Gasteiger partial charge in [0.15, 0.2) is 0 Å². The van der Waals surface area contributed by atoms with Crippen molar-refractivity contribution in [1.29, 1.82) is 0 Å². The molecule has 8 heteroatoms. The normalized spacial score (nSPS) is 10.2. The van der Waals surface area contributed by atoms with Crippen molar-refractivity contribution in [2.24, 2.45) is 0 Å². The first-order chi connectivity index (χ1) is 9.95. The molecule has 0 atom stereocenters. The molecule has 1 amide bonds. The molecule has 1 aromatic heterocycles. The highest BCUT2D eigenvalue weighted by Crippen LogP contribution is 2.21. The van der Waals surface area contributed by atoms with Crippen molar-refractivity contribution in [2.45, 2.75) is 13.5 Å². The number of benzene rings is 1. The van der Waals surface area contributed by atoms with Crippen LogP contribution in [0.25, 0.3) is 0 Å². The van der Waals surface area contributed by atoms with E-state index in [1.807, 2.05) is 0 Å². The summed E-state index contributed by atoms with van der Waals surface area (Å²) in [6.07, 6.45) is 0. The quantitative estimate of drug-likeness (QED) is 0.652. The van der Waals surface area contributed by atoms with Crippen LogP contribution in [0.2, 0.25) is 0 Å². The van der Waals surface area contributed by atoms with Crippen molar-refractivity contribution in [3.8, 4) is 0 Å². The van der Waals surface area contributed by atoms with Gasteiger partial charge in [-0.1, -0.05) is 0 Å². The van der Waals surface area contributed by atoms with Gasteiger partial charge >= 0.3 is 5.88 Å². The second-order valence-electron chi connectivity index (χ2n) is 4.23. The average molecular weight is 293 g/mol. The Morgan fingerprint density at radius 2 is 2.14 bits per heavy atom. The van der Waals surface area contributed by atoms with Gasteiger partial charge in [0.05, 0.1) is 18.3 Å². The fourth-order valence-electron chi connectivity index (χ4n) is 1.67. The smallest absolute Gasteiger partial charge is 0.404 e. The van der Waals surface area contributed by atoms with Crippen LogP contribution in [0.15, 0.2) is 34.7 Å². The number of hydrogen-bond acceptors (Lipinski definition) is 5. The van der Waals surface area contributed by atoms with E-state index in [-0.39, 0.29) is 24.0 Å². The summed E-state index contributed by atoms with van der Waals surface area (Å²) >= 11 is 0. The number of nitrogens with one attached hydrogen (secondary N) is 2. The maximum atomic E-state index is 13.4. The first-order valence-electron chi connectivity index (χ1n) is 6.00. The maximum absolute atomic E-state index is 13.4. The van der Waals surface area contributed by atoms with Gasteiger partial charge in [0.1, 0.15) is 16.5 Å². The summed E-state index contributed by atoms with van der Waals surface area (Å²) in [7, 11) is 0. The number of amides is 1. The van der Waals surface area contributed by atoms with E-state index in [0.717, 1.165) is 0 Å². The van der Waals surface area contributed by atoms with E-state index in [9.17, 15) is 19.3 Å². The van der Waals surface area contributed by atoms with Crippen molar-refractivity contribution < 1.29 is 18.5 Å². The average Bonchev–Trinajstić information content (AvgIpc) is 2.88. The summed E-state index contributed by atoms with van der Waals surface area (Å²) in [5.74, 6) is -0.908. The molecule has 0 saturated carbocycles. The van der Waals surface area contributed by atoms with Crippen LogP contribution in [-0.2, 0) is 11.3 Å². The summed E-state index contributed by atoms with van der Waals surface area (Å²) in [5.41, 5.74) is 0.595. The highest BCUT2D eigenvalue weighted by atomic mass is 19.1. The summed E-state index contributed by atoms with van der Waals surface area (Å²) in [4.78, 5) is 20.8. The van der Waals surface area contributed by atoms with E-state index in [4.69, 9.17) is 4.42 Å². The SMILES string of the molecule is CC(=O)Nc1cc(NCc2ccc([N+](=O)[O-])o2)ccc1F. The predicted molar refractivity (Wildman–Crippen MR) is 73.4 cm³/mol. The number of carbonyl (C=O) groups excluding carboxylic acids is 1. The van der Waals surface area contributed by atoms with E-state index in [2.05, 4.69) is 10.6 Å². The molecule has 7 nitrogen and oxygen atoms in total. The Labute approximate surface area is 118 Å². The molecule has 0 unspecified atom stereocenters. The fourth-order valence-corrected chi connectivity index (χ4v) is 1.67. The summed E-state index contributed by atoms with van der Waals surface area (Å²) in [5, 5.41) is 15.8. The molecule has 2 N–H and O–H groups in total. The van der Waals surface area contributed by atoms with Crippen molar-refractivity contribution in [2.75, 3.05) is 10.6 Å². The lowest BCUT2D eigenvalue weighted by atomic mass is 10.2. The zero-order valence-corrected chi connectivity index (χ0v) is 11.1. The van der Waals surface area contributed by atoms with Crippen LogP contribution in [0.1, 0.15) is 12.7 Å². The lowest BCUT2D eigenvalue weighted by Crippen LogP contribution is -2.08. The monoisotopic (exact) mass is 293 g/mol. The number of nitro groups is 1. The van der Waals surface area contributed by atoms with E-state index < -0.39 is 10.7 Å². The molecule has 0 aliphatic carbocycles. The summed E-state index contributed by atoms with van der Waals surface area (Å²) < 4.78 is 18.4. The van der Waals surface area contributed by atoms with Gasteiger partial charge in [0.25, 0.3) is 0 Å². The highest BCUT2D eigenvalue weighted by molar-refractivity contribution is 5.89. The van der Waals surface area contributed by atoms with Gasteiger partial charge in [0, 0.05) is 12.6 Å². The lowest BCUT2D eigenvalue weighted by Gasteiger charge is -2.08. The van der Waals surface area contributed by atoms with Crippen molar-refractivity contribution in [3.63, 3.8) is 0 Å². The third kappa shape index (κ3) is 3.78. The molecule has 0 aliphatic heterocycles. The number of hydrogen-bond donors (Lipinski definition) is 2. The Hall–Kier alpha value is -2.90. The van der Waals surface area contributed by atoms with Crippen LogP contribution in [0.4, 0.5) is 21.6 Å². The number of carbonyl (C=O) groups is 1. The standard InChI is InChI=1S/C13H12FN3O4/c1-8(18)16-12-6-9(2-4-11(12)14)15-7-10-3-5-13(21-10)17(19)20/h2-6,15H,7H2,1H3,(H,16,18). The molecule has 0 radical (unpaired) electrons. The minimum absolute atomic E-state index is 0.0536. The second-order valence-corrected chi connectivity index (χ2v) is 4.23. The van der Waals surface area contributed by atoms with Crippen LogP contribution in [0, 0.1) is 15.9 Å². The first kappa shape index (κ1) is 14.5. The zero-order chi connectivity index (χ0) is 15.4. The molecular weight excluding hydrogens is 281 g/mol. The van der Waals surface area contributed by atoms with E-state index >= 15 is 0 Å². The van der Waals surface area contributed by atoms with Crippen molar-refractivity contribution in [1.82, 2.24) is 0 Å². The Morgan fingerprint density at radius 3 is 2.76 bits per heavy atom. The minimum Gasteiger partial charge on any atom is -0.404 e.